The monoisotopic (exact) mass is 840 g/mol. The Bertz CT molecular complexity index is 2290. The fourth-order valence-corrected chi connectivity index (χ4v) is 8.76. The summed E-state index contributed by atoms with van der Waals surface area (Å²) in [7, 11) is 1.50. The number of allylic oxidation sites excluding steroid dienone is 4. The molecule has 61 heavy (non-hydrogen) atoms. The number of ketones is 3. The second-order valence-corrected chi connectivity index (χ2v) is 17.1. The first-order valence-corrected chi connectivity index (χ1v) is 20.5. The van der Waals surface area contributed by atoms with Gasteiger partial charge >= 0.3 is 11.8 Å². The van der Waals surface area contributed by atoms with Crippen molar-refractivity contribution in [2.24, 2.45) is 23.7 Å². The molecule has 7 bridgehead atoms. The molecule has 0 spiro atoms. The molecule has 3 N–H and O–H groups in total. The number of fused-ring (bicyclic) bond motifs is 10. The Balaban J connectivity index is 1.51. The van der Waals surface area contributed by atoms with Crippen LogP contribution in [0.4, 0.5) is 5.69 Å². The lowest BCUT2D eigenvalue weighted by Crippen LogP contribution is -2.56. The lowest BCUT2D eigenvalue weighted by Gasteiger charge is -2.50. The van der Waals surface area contributed by atoms with Gasteiger partial charge in [0.1, 0.15) is 29.0 Å². The summed E-state index contributed by atoms with van der Waals surface area (Å²) in [6.07, 6.45) is 5.77. The molecule has 0 aromatic heterocycles. The Kier molecular flexibility index (Phi) is 12.6. The zero-order valence-electron chi connectivity index (χ0n) is 36.8. The maximum atomic E-state index is 14.8. The zero-order valence-corrected chi connectivity index (χ0v) is 36.8. The number of nitrogens with one attached hydrogen (secondary N) is 2. The molecular formula is C47H56N2O12. The van der Waals surface area contributed by atoms with Crippen LogP contribution in [-0.4, -0.2) is 77.4 Å². The lowest BCUT2D eigenvalue weighted by molar-refractivity contribution is -0.336. The molecule has 7 rings (SSSR count). The summed E-state index contributed by atoms with van der Waals surface area (Å²) in [5, 5.41) is 17.2. The van der Waals surface area contributed by atoms with Crippen LogP contribution in [0.2, 0.25) is 0 Å². The molecule has 1 amide bonds. The highest BCUT2D eigenvalue weighted by molar-refractivity contribution is 6.33. The van der Waals surface area contributed by atoms with E-state index < -0.39 is 87.6 Å². The number of carbonyl (C=O) groups excluding carboxylic acids is 5. The third-order valence-corrected chi connectivity index (χ3v) is 12.0. The molecule has 1 aliphatic carbocycles. The minimum absolute atomic E-state index is 0.0107. The van der Waals surface area contributed by atoms with E-state index in [1.54, 1.807) is 43.4 Å². The number of amides is 1. The van der Waals surface area contributed by atoms with Crippen LogP contribution in [0.15, 0.2) is 71.8 Å². The molecule has 4 heterocycles. The maximum absolute atomic E-state index is 14.8. The minimum atomic E-state index is -2.06. The number of hydrogen-bond donors (Lipinski definition) is 3. The van der Waals surface area contributed by atoms with E-state index in [0.29, 0.717) is 5.69 Å². The van der Waals surface area contributed by atoms with Gasteiger partial charge in [-0.3, -0.25) is 24.0 Å². The van der Waals surface area contributed by atoms with Crippen LogP contribution in [-0.2, 0) is 33.3 Å². The molecule has 2 aromatic rings. The van der Waals surface area contributed by atoms with Crippen LogP contribution in [0, 0.1) is 37.5 Å². The highest BCUT2D eigenvalue weighted by Gasteiger charge is 2.53. The van der Waals surface area contributed by atoms with E-state index in [4.69, 9.17) is 28.4 Å². The Labute approximate surface area is 356 Å². The molecule has 5 aliphatic rings. The molecule has 2 aromatic carbocycles. The number of methoxy groups -OCH3 is 1. The van der Waals surface area contributed by atoms with Crippen molar-refractivity contribution in [1.82, 2.24) is 5.32 Å². The predicted molar refractivity (Wildman–Crippen MR) is 225 cm³/mol. The number of ether oxygens (including phenoxy) is 6. The fraction of sp³-hybridized carbons (Fsp3) is 0.468. The van der Waals surface area contributed by atoms with Gasteiger partial charge in [0.25, 0.3) is 11.7 Å². The molecule has 14 nitrogen and oxygen atoms in total. The zero-order chi connectivity index (χ0) is 44.9. The smallest absolute Gasteiger partial charge is 0.312 e. The predicted octanol–water partition coefficient (Wildman–Crippen LogP) is 7.18. The lowest BCUT2D eigenvalue weighted by atomic mass is 9.77. The molecule has 326 valence electrons. The topological polar surface area (TPSA) is 185 Å². The highest BCUT2D eigenvalue weighted by Crippen LogP contribution is 2.49. The van der Waals surface area contributed by atoms with Gasteiger partial charge in [0.2, 0.25) is 11.6 Å². The van der Waals surface area contributed by atoms with Crippen LogP contribution < -0.4 is 15.4 Å². The van der Waals surface area contributed by atoms with E-state index in [-0.39, 0.29) is 52.0 Å². The van der Waals surface area contributed by atoms with Crippen LogP contribution in [0.1, 0.15) is 105 Å². The van der Waals surface area contributed by atoms with Gasteiger partial charge < -0.3 is 44.2 Å². The average Bonchev–Trinajstić information content (AvgIpc) is 3.46. The largest absolute Gasteiger partial charge is 0.507 e. The number of carbonyl (C=O) groups is 5. The summed E-state index contributed by atoms with van der Waals surface area (Å²) >= 11 is 0. The first-order valence-electron chi connectivity index (χ1n) is 20.5. The van der Waals surface area contributed by atoms with Crippen molar-refractivity contribution in [2.45, 2.75) is 112 Å². The standard InChI is InChI=1S/C47H56N2O12/c1-22-15-13-18-30(21-22)48-35-36-39(53)33-32(38(35)52)34-43(26(5)37(33)51)61-47(11,44(34)54)57-20-19-31(56-12)25(4)41(58-29(8)50)28(7)42-27(6)40(59-46(9,10)60-42)23(2)16-14-17-24(3)45(55)49-36/h13-21,23,25,27-28,31,40-42,48,51H,1-12H3,(H,49,55)/b16-14+,20-19-,24-17+. The average molecular weight is 841 g/mol. The second-order valence-electron chi connectivity index (χ2n) is 17.1. The van der Waals surface area contributed by atoms with E-state index in [1.165, 1.54) is 34.1 Å². The normalized spacial score (nSPS) is 32.2. The number of aromatic hydroxyl groups is 1. The van der Waals surface area contributed by atoms with Crippen LogP contribution in [0.5, 0.6) is 11.5 Å². The summed E-state index contributed by atoms with van der Waals surface area (Å²) in [5.74, 6) is -8.76. The van der Waals surface area contributed by atoms with E-state index >= 15 is 0 Å². The first kappa shape index (κ1) is 45.0. The summed E-state index contributed by atoms with van der Waals surface area (Å²) in [6.45, 7) is 19.1. The maximum Gasteiger partial charge on any atom is 0.312 e. The summed E-state index contributed by atoms with van der Waals surface area (Å²) in [6, 6.07) is 7.03. The SMILES string of the molecule is COC1/C=C\OC2(C)Oc3c(C)c(O)c4c(c3C2=O)C(=O)C(Nc2cccc(C)c2)=C(NC(=O)/C(C)=C/C=C/C(C)C2OC(C)(C)OC(C2C)C(C)C(OC(C)=O)C1C)C4=O. The van der Waals surface area contributed by atoms with Gasteiger partial charge in [0, 0.05) is 61.5 Å². The number of phenols is 1. The van der Waals surface area contributed by atoms with Gasteiger partial charge in [-0.25, -0.2) is 0 Å². The van der Waals surface area contributed by atoms with Gasteiger partial charge in [-0.1, -0.05) is 58.1 Å². The number of benzene rings is 2. The Morgan fingerprint density at radius 2 is 1.57 bits per heavy atom. The second kappa shape index (κ2) is 17.1. The van der Waals surface area contributed by atoms with Crippen molar-refractivity contribution in [3.8, 4) is 11.5 Å². The van der Waals surface area contributed by atoms with Crippen LogP contribution >= 0.6 is 0 Å². The van der Waals surface area contributed by atoms with Crippen molar-refractivity contribution < 1.29 is 57.5 Å². The Morgan fingerprint density at radius 1 is 0.885 bits per heavy atom. The highest BCUT2D eigenvalue weighted by atomic mass is 16.7. The molecule has 0 saturated carbocycles. The molecule has 0 radical (unpaired) electrons. The number of hydrogen-bond acceptors (Lipinski definition) is 13. The molecule has 9 unspecified atom stereocenters. The molecule has 14 heteroatoms. The van der Waals surface area contributed by atoms with Gasteiger partial charge in [-0.15, -0.1) is 0 Å². The minimum Gasteiger partial charge on any atom is -0.507 e. The number of esters is 1. The summed E-state index contributed by atoms with van der Waals surface area (Å²) in [5.41, 5.74) is -0.358. The third-order valence-electron chi connectivity index (χ3n) is 12.0. The molecule has 9 atom stereocenters. The fourth-order valence-electron chi connectivity index (χ4n) is 8.76. The van der Waals surface area contributed by atoms with Crippen molar-refractivity contribution >= 4 is 34.9 Å². The van der Waals surface area contributed by atoms with Gasteiger partial charge in [-0.05, 0) is 58.4 Å². The number of aryl methyl sites for hydroxylation is 1. The number of Topliss-reactive ketones (excluding diaryl/α,β-unsaturated/α-hetero) is 3. The van der Waals surface area contributed by atoms with Crippen LogP contribution in [0.3, 0.4) is 0 Å². The van der Waals surface area contributed by atoms with Crippen molar-refractivity contribution in [1.29, 1.82) is 0 Å². The first-order chi connectivity index (χ1) is 28.6. The summed E-state index contributed by atoms with van der Waals surface area (Å²) < 4.78 is 37.1. The van der Waals surface area contributed by atoms with E-state index in [0.717, 1.165) is 5.56 Å². The molecule has 4 aliphatic heterocycles. The number of anilines is 1. The number of rotatable bonds is 4. The van der Waals surface area contributed by atoms with Crippen molar-refractivity contribution in [3.05, 3.63) is 99.6 Å². The van der Waals surface area contributed by atoms with Crippen LogP contribution in [0.25, 0.3) is 0 Å². The van der Waals surface area contributed by atoms with Gasteiger partial charge in [0.15, 0.2) is 5.79 Å². The molecule has 1 saturated heterocycles. The molecular weight excluding hydrogens is 785 g/mol. The quantitative estimate of drug-likeness (QED) is 0.264. The van der Waals surface area contributed by atoms with E-state index in [1.807, 2.05) is 60.6 Å². The van der Waals surface area contributed by atoms with Gasteiger partial charge in [-0.2, -0.15) is 0 Å². The van der Waals surface area contributed by atoms with Crippen molar-refractivity contribution in [3.63, 3.8) is 0 Å². The Hall–Kier alpha value is -5.57. The number of phenolic OH excluding ortho intramolecular Hbond substituents is 1. The van der Waals surface area contributed by atoms with E-state index in [9.17, 15) is 29.1 Å². The molecule has 1 fully saturated rings. The van der Waals surface area contributed by atoms with Gasteiger partial charge in [0.05, 0.1) is 41.3 Å². The van der Waals surface area contributed by atoms with E-state index in [2.05, 4.69) is 10.6 Å². The summed E-state index contributed by atoms with van der Waals surface area (Å²) in [4.78, 5) is 70.3. The Morgan fingerprint density at radius 3 is 2.23 bits per heavy atom. The van der Waals surface area contributed by atoms with Crippen molar-refractivity contribution in [2.75, 3.05) is 12.4 Å². The third kappa shape index (κ3) is 8.53.